The molecule has 0 spiro atoms. The molecule has 0 fully saturated rings. The molecule has 1 nitrogen and oxygen atoms in total. The zero-order valence-electron chi connectivity index (χ0n) is 28.3. The Morgan fingerprint density at radius 1 is 0.698 bits per heavy atom. The molecule has 0 saturated heterocycles. The first-order chi connectivity index (χ1) is 20.3. The van der Waals surface area contributed by atoms with Gasteiger partial charge in [0.05, 0.1) is 0 Å². The highest BCUT2D eigenvalue weighted by Gasteiger charge is 2.45. The van der Waals surface area contributed by atoms with Crippen molar-refractivity contribution in [2.24, 2.45) is 22.2 Å². The van der Waals surface area contributed by atoms with Gasteiger partial charge in [-0.05, 0) is 104 Å². The van der Waals surface area contributed by atoms with Crippen LogP contribution in [0.5, 0.6) is 5.75 Å². The molecule has 0 amide bonds. The smallest absolute Gasteiger partial charge is 0.126 e. The highest BCUT2D eigenvalue weighted by Crippen LogP contribution is 2.55. The van der Waals surface area contributed by atoms with E-state index in [4.69, 9.17) is 0 Å². The summed E-state index contributed by atoms with van der Waals surface area (Å²) in [7, 11) is 0. The summed E-state index contributed by atoms with van der Waals surface area (Å²) in [5.41, 5.74) is 4.53. The summed E-state index contributed by atoms with van der Waals surface area (Å²) in [6, 6.07) is 27.3. The van der Waals surface area contributed by atoms with Crippen molar-refractivity contribution in [3.63, 3.8) is 0 Å². The van der Waals surface area contributed by atoms with Gasteiger partial charge in [0.15, 0.2) is 0 Å². The second-order valence-corrected chi connectivity index (χ2v) is 15.3. The fraction of sp³-hybridized carbons (Fsp3) is 0.476. The van der Waals surface area contributed by atoms with E-state index in [0.29, 0.717) is 17.6 Å². The van der Waals surface area contributed by atoms with Crippen LogP contribution < -0.4 is 0 Å². The summed E-state index contributed by atoms with van der Waals surface area (Å²) in [6.07, 6.45) is 6.53. The van der Waals surface area contributed by atoms with Crippen LogP contribution in [0.4, 0.5) is 0 Å². The van der Waals surface area contributed by atoms with Gasteiger partial charge in [-0.15, -0.1) is 0 Å². The largest absolute Gasteiger partial charge is 0.507 e. The lowest BCUT2D eigenvalue weighted by molar-refractivity contribution is 0.0573. The molecule has 0 aliphatic rings. The third kappa shape index (κ3) is 5.77. The van der Waals surface area contributed by atoms with Crippen LogP contribution in [0.1, 0.15) is 111 Å². The topological polar surface area (TPSA) is 20.2 Å². The third-order valence-electron chi connectivity index (χ3n) is 11.7. The minimum absolute atomic E-state index is 0.158. The first kappa shape index (κ1) is 31.4. The summed E-state index contributed by atoms with van der Waals surface area (Å²) in [4.78, 5) is 0. The molecule has 0 saturated carbocycles. The van der Waals surface area contributed by atoms with Crippen LogP contribution in [-0.2, 0) is 12.8 Å². The second-order valence-electron chi connectivity index (χ2n) is 15.3. The maximum Gasteiger partial charge on any atom is 0.126 e. The van der Waals surface area contributed by atoms with Gasteiger partial charge in [0, 0.05) is 10.8 Å². The van der Waals surface area contributed by atoms with E-state index < -0.39 is 0 Å². The Morgan fingerprint density at radius 3 is 1.88 bits per heavy atom. The first-order valence-electron chi connectivity index (χ1n) is 16.8. The van der Waals surface area contributed by atoms with Crippen molar-refractivity contribution < 1.29 is 5.11 Å². The van der Waals surface area contributed by atoms with Gasteiger partial charge < -0.3 is 5.11 Å². The van der Waals surface area contributed by atoms with Gasteiger partial charge in [-0.1, -0.05) is 136 Å². The molecule has 43 heavy (non-hydrogen) atoms. The third-order valence-corrected chi connectivity index (χ3v) is 11.7. The molecule has 5 aromatic rings. The van der Waals surface area contributed by atoms with Crippen molar-refractivity contribution in [1.82, 2.24) is 0 Å². The zero-order valence-corrected chi connectivity index (χ0v) is 28.3. The maximum absolute atomic E-state index is 11.4. The molecule has 0 aliphatic carbocycles. The quantitative estimate of drug-likeness (QED) is 0.147. The number of phenols is 1. The van der Waals surface area contributed by atoms with E-state index in [1.54, 1.807) is 0 Å². The van der Waals surface area contributed by atoms with Crippen LogP contribution >= 0.6 is 0 Å². The molecule has 0 radical (unpaired) electrons. The average Bonchev–Trinajstić information content (AvgIpc) is 3.00. The Morgan fingerprint density at radius 2 is 1.30 bits per heavy atom. The Kier molecular flexibility index (Phi) is 8.60. The van der Waals surface area contributed by atoms with E-state index >= 15 is 0 Å². The van der Waals surface area contributed by atoms with E-state index in [1.807, 2.05) is 0 Å². The van der Waals surface area contributed by atoms with Crippen molar-refractivity contribution >= 4 is 32.3 Å². The Labute approximate surface area is 261 Å². The number of aryl methyl sites for hydroxylation is 1. The lowest BCUT2D eigenvalue weighted by Crippen LogP contribution is -2.40. The predicted octanol–water partition coefficient (Wildman–Crippen LogP) is 12.5. The van der Waals surface area contributed by atoms with Crippen molar-refractivity contribution in [1.29, 1.82) is 0 Å². The van der Waals surface area contributed by atoms with Crippen LogP contribution in [-0.4, -0.2) is 5.11 Å². The molecule has 0 aromatic heterocycles. The minimum Gasteiger partial charge on any atom is -0.507 e. The molecule has 5 aromatic carbocycles. The Hall–Kier alpha value is -3.06. The first-order valence-corrected chi connectivity index (χ1v) is 16.8. The SMILES string of the molecule is CCC(C)(C)Cc1cc2ccc3cc(CCC(C)C(C)(CC)C(c4ccccc4)C(C)(C)CC)cc4ccc(c1O)c2c34. The number of hydrogen-bond acceptors (Lipinski definition) is 1. The van der Waals surface area contributed by atoms with Crippen molar-refractivity contribution in [2.75, 3.05) is 0 Å². The lowest BCUT2D eigenvalue weighted by atomic mass is 9.54. The van der Waals surface area contributed by atoms with E-state index in [9.17, 15) is 5.11 Å². The number of benzene rings is 5. The van der Waals surface area contributed by atoms with Gasteiger partial charge >= 0.3 is 0 Å². The van der Waals surface area contributed by atoms with Crippen molar-refractivity contribution in [3.05, 3.63) is 89.5 Å². The number of phenolic OH excluding ortho intramolecular Hbond substituents is 1. The van der Waals surface area contributed by atoms with Gasteiger partial charge in [0.25, 0.3) is 0 Å². The van der Waals surface area contributed by atoms with E-state index in [0.717, 1.165) is 30.2 Å². The average molecular weight is 575 g/mol. The van der Waals surface area contributed by atoms with Gasteiger partial charge in [-0.3, -0.25) is 0 Å². The standard InChI is InChI=1S/C42H54O/c1-10-40(5,6)27-34-26-33-21-20-31-24-29(25-32-22-23-35(38(34)43)37(33)36(31)32)19-18-28(4)42(9,12-3)39(41(7,8)11-2)30-16-14-13-15-17-30/h13-17,20-26,28,39,43H,10-12,18-19,27H2,1-9H3. The summed E-state index contributed by atoms with van der Waals surface area (Å²) >= 11 is 0. The van der Waals surface area contributed by atoms with Crippen molar-refractivity contribution in [3.8, 4) is 5.75 Å². The monoisotopic (exact) mass is 574 g/mol. The summed E-state index contributed by atoms with van der Waals surface area (Å²) in [5.74, 6) is 1.53. The summed E-state index contributed by atoms with van der Waals surface area (Å²) in [6.45, 7) is 21.5. The number of aromatic hydroxyl groups is 1. The van der Waals surface area contributed by atoms with Crippen LogP contribution in [0.25, 0.3) is 32.3 Å². The molecule has 0 bridgehead atoms. The van der Waals surface area contributed by atoms with Crippen molar-refractivity contribution in [2.45, 2.75) is 107 Å². The highest BCUT2D eigenvalue weighted by molar-refractivity contribution is 6.24. The molecule has 1 heteroatoms. The van der Waals surface area contributed by atoms with Gasteiger partial charge in [-0.2, -0.15) is 0 Å². The number of hydrogen-bond donors (Lipinski definition) is 1. The lowest BCUT2D eigenvalue weighted by Gasteiger charge is -2.50. The summed E-state index contributed by atoms with van der Waals surface area (Å²) < 4.78 is 0. The predicted molar refractivity (Wildman–Crippen MR) is 189 cm³/mol. The van der Waals surface area contributed by atoms with E-state index in [-0.39, 0.29) is 16.2 Å². The molecule has 3 atom stereocenters. The normalized spacial score (nSPS) is 15.7. The van der Waals surface area contributed by atoms with Gasteiger partial charge in [-0.25, -0.2) is 0 Å². The van der Waals surface area contributed by atoms with E-state index in [2.05, 4.69) is 135 Å². The highest BCUT2D eigenvalue weighted by atomic mass is 16.3. The maximum atomic E-state index is 11.4. The van der Waals surface area contributed by atoms with Crippen LogP contribution in [0.15, 0.2) is 72.8 Å². The van der Waals surface area contributed by atoms with Crippen LogP contribution in [0.2, 0.25) is 0 Å². The molecule has 3 unspecified atom stereocenters. The van der Waals surface area contributed by atoms with E-state index in [1.165, 1.54) is 57.3 Å². The zero-order chi connectivity index (χ0) is 31.2. The van der Waals surface area contributed by atoms with Crippen LogP contribution in [0.3, 0.4) is 0 Å². The summed E-state index contributed by atoms with van der Waals surface area (Å²) in [5, 5.41) is 18.7. The molecule has 0 aliphatic heterocycles. The fourth-order valence-corrected chi connectivity index (χ4v) is 8.05. The van der Waals surface area contributed by atoms with Crippen LogP contribution in [0, 0.1) is 22.2 Å². The Bertz CT molecular complexity index is 1670. The second kappa shape index (κ2) is 11.8. The molecular formula is C42H54O. The van der Waals surface area contributed by atoms with Gasteiger partial charge in [0.2, 0.25) is 0 Å². The molecule has 1 N–H and O–H groups in total. The van der Waals surface area contributed by atoms with Gasteiger partial charge in [0.1, 0.15) is 5.75 Å². The Balaban J connectivity index is 1.47. The molecule has 5 rings (SSSR count). The molecule has 228 valence electrons. The fourth-order valence-electron chi connectivity index (χ4n) is 8.05. The molecule has 0 heterocycles. The number of rotatable bonds is 12. The molecular weight excluding hydrogens is 520 g/mol. The minimum atomic E-state index is 0.158.